The van der Waals surface area contributed by atoms with Gasteiger partial charge in [-0.1, -0.05) is 105 Å². The molecule has 0 saturated carbocycles. The number of halogens is 1. The molecule has 10 N–H and O–H groups in total. The molecule has 3 fully saturated rings. The fourth-order valence-corrected chi connectivity index (χ4v) is 15.2. The third kappa shape index (κ3) is 21.4. The molecule has 106 heavy (non-hydrogen) atoms. The molecule has 0 spiro atoms. The number of urea groups is 1. The SMILES string of the molecule is Cc1ncsc1-c1ccc(C(C)NC(=O)C2CC(O)CN2C(=O)C(c2cc(OCCN3CCC(CN4CCN5c6cc(-c7ccccc7O)nnc6N(C(=O)OCc6ccc(NC(=O)C(CCCNC(N)=O)NC(=O)C(NC(=O)CCCCCNC(=O)CI)C(C)C)cc6)CC5C4)CC3)no2)C(C)C)cc1. The van der Waals surface area contributed by atoms with Crippen LogP contribution in [0.4, 0.5) is 26.8 Å². The number of primary amides is 1. The fourth-order valence-electron chi connectivity index (χ4n) is 14.1. The van der Waals surface area contributed by atoms with Crippen molar-refractivity contribution < 1.29 is 62.6 Å². The summed E-state index contributed by atoms with van der Waals surface area (Å²) in [4.78, 5) is 122. The van der Waals surface area contributed by atoms with Crippen molar-refractivity contribution in [3.05, 3.63) is 113 Å². The second-order valence-corrected chi connectivity index (χ2v) is 30.0. The number of aromatic hydroxyl groups is 1. The second-order valence-electron chi connectivity index (χ2n) is 28.4. The van der Waals surface area contributed by atoms with Gasteiger partial charge in [0.15, 0.2) is 11.6 Å². The highest BCUT2D eigenvalue weighted by atomic mass is 127. The number of alkyl halides is 1. The van der Waals surface area contributed by atoms with Crippen LogP contribution in [0, 0.1) is 24.7 Å². The molecule has 570 valence electrons. The maximum Gasteiger partial charge on any atom is 0.415 e. The number of ether oxygens (including phenoxy) is 2. The van der Waals surface area contributed by atoms with E-state index in [4.69, 9.17) is 19.7 Å². The van der Waals surface area contributed by atoms with Gasteiger partial charge in [-0.2, -0.15) is 0 Å². The summed E-state index contributed by atoms with van der Waals surface area (Å²) in [6, 6.07) is 21.0. The molecule has 7 unspecified atom stereocenters. The second kappa shape index (κ2) is 38.0. The smallest absolute Gasteiger partial charge is 0.415 e. The number of thiazole rings is 1. The number of phenolic OH excluding ortho intramolecular Hbond substituents is 1. The third-order valence-electron chi connectivity index (χ3n) is 19.9. The van der Waals surface area contributed by atoms with Crippen LogP contribution in [0.15, 0.2) is 95.0 Å². The highest BCUT2D eigenvalue weighted by Crippen LogP contribution is 2.40. The molecule has 0 aliphatic carbocycles. The lowest BCUT2D eigenvalue weighted by Crippen LogP contribution is -2.61. The number of piperidine rings is 1. The predicted molar refractivity (Wildman–Crippen MR) is 409 cm³/mol. The Kier molecular flexibility index (Phi) is 28.5. The number of β-amino-alcohol motifs (C(OH)–C–C–N with tert-alkyl or cyclic N) is 1. The Balaban J connectivity index is 0.698. The lowest BCUT2D eigenvalue weighted by atomic mass is 9.91. The number of likely N-dealkylation sites (tertiary alicyclic amines) is 2. The number of amides is 9. The molecular weight excluding hydrogens is 1490 g/mol. The first-order chi connectivity index (χ1) is 51.0. The van der Waals surface area contributed by atoms with E-state index in [1.807, 2.05) is 92.2 Å². The van der Waals surface area contributed by atoms with Crippen LogP contribution in [0.5, 0.6) is 11.6 Å². The van der Waals surface area contributed by atoms with E-state index < -0.39 is 54.1 Å². The van der Waals surface area contributed by atoms with Crippen molar-refractivity contribution in [2.75, 3.05) is 98.1 Å². The molecule has 9 amide bonds. The van der Waals surface area contributed by atoms with Gasteiger partial charge >= 0.3 is 12.1 Å². The van der Waals surface area contributed by atoms with Crippen LogP contribution in [-0.4, -0.2) is 206 Å². The number of carbonyl (C=O) groups is 8. The van der Waals surface area contributed by atoms with E-state index in [1.54, 1.807) is 73.7 Å². The van der Waals surface area contributed by atoms with Gasteiger partial charge < -0.3 is 71.6 Å². The van der Waals surface area contributed by atoms with Gasteiger partial charge in [0, 0.05) is 82.5 Å². The van der Waals surface area contributed by atoms with Crippen LogP contribution in [0.2, 0.25) is 0 Å². The number of nitrogens with two attached hydrogens (primary N) is 1. The Morgan fingerprint density at radius 1 is 0.792 bits per heavy atom. The number of fused-ring (bicyclic) bond motifs is 3. The van der Waals surface area contributed by atoms with E-state index in [-0.39, 0.29) is 105 Å². The summed E-state index contributed by atoms with van der Waals surface area (Å²) < 4.78 is 18.3. The van der Waals surface area contributed by atoms with Crippen molar-refractivity contribution in [1.29, 1.82) is 0 Å². The number of phenols is 1. The molecule has 0 radical (unpaired) electrons. The minimum atomic E-state index is -1.06. The van der Waals surface area contributed by atoms with Crippen molar-refractivity contribution in [3.63, 3.8) is 0 Å². The van der Waals surface area contributed by atoms with Gasteiger partial charge in [-0.05, 0) is 135 Å². The first-order valence-corrected chi connectivity index (χ1v) is 39.0. The number of hydrogen-bond acceptors (Lipinski definition) is 21. The van der Waals surface area contributed by atoms with Gasteiger partial charge in [0.1, 0.15) is 43.0 Å². The largest absolute Gasteiger partial charge is 0.507 e. The average Bonchev–Trinajstić information content (AvgIpc) is 1.07. The summed E-state index contributed by atoms with van der Waals surface area (Å²) in [6.45, 7) is 17.8. The number of piperazine rings is 1. The fraction of sp³-hybridized carbons (Fsp3) is 0.520. The number of aliphatic hydroxyl groups excluding tert-OH is 1. The van der Waals surface area contributed by atoms with Crippen molar-refractivity contribution in [1.82, 2.24) is 61.6 Å². The van der Waals surface area contributed by atoms with Gasteiger partial charge in [-0.15, -0.1) is 21.5 Å². The van der Waals surface area contributed by atoms with Crippen LogP contribution in [0.3, 0.4) is 0 Å². The Labute approximate surface area is 635 Å². The van der Waals surface area contributed by atoms with Gasteiger partial charge in [-0.3, -0.25) is 43.5 Å². The standard InChI is InChI=1S/C75H99IN16O13S/c1-45(2)66(73(100)91-42-55(93)35-60(91)71(98)81-47(5)51-19-21-52(22-20-51)68-48(6)80-44-106-68)62-37-65(87-105-62)103-34-33-88-29-25-49(26-30-88)39-89-31-32-90-54(40-89)41-92(69-59(90)36-58(85-86-69)56-13-9-10-15-61(56)94)75(102)104-43-50-17-23-53(24-18-50)82-70(97)57(14-12-28-79-74(77)101)83-72(99)67(46(3)4)84-63(95)16-8-7-11-27-78-64(96)38-76/h9-10,13,15,17-24,36-37,44-47,49,54-55,57,60,66-67,93-94H,7-8,11-12,14,16,25-35,38-43H2,1-6H3,(H,78,96)(H,81,98)(H,82,97)(H,83,99)(H,84,95)(H3,77,79,101). The molecule has 3 aromatic heterocycles. The molecule has 4 aliphatic rings. The van der Waals surface area contributed by atoms with E-state index >= 15 is 0 Å². The molecule has 3 aromatic carbocycles. The molecule has 6 aromatic rings. The minimum Gasteiger partial charge on any atom is -0.507 e. The Bertz CT molecular complexity index is 3990. The van der Waals surface area contributed by atoms with Gasteiger partial charge in [0.2, 0.25) is 35.4 Å². The number of unbranched alkanes of at least 4 members (excludes halogenated alkanes) is 2. The quantitative estimate of drug-likeness (QED) is 0.0110. The van der Waals surface area contributed by atoms with E-state index in [1.165, 1.54) is 9.80 Å². The number of para-hydroxylation sites is 1. The molecule has 3 saturated heterocycles. The lowest BCUT2D eigenvalue weighted by Gasteiger charge is -2.48. The van der Waals surface area contributed by atoms with Crippen molar-refractivity contribution in [2.24, 2.45) is 23.5 Å². The Hall–Kier alpha value is -9.05. The number of aliphatic hydroxyl groups is 1. The summed E-state index contributed by atoms with van der Waals surface area (Å²) >= 11 is 3.57. The summed E-state index contributed by atoms with van der Waals surface area (Å²) in [5.74, 6) is -2.04. The number of aryl methyl sites for hydroxylation is 1. The van der Waals surface area contributed by atoms with Gasteiger partial charge in [0.05, 0.1) is 56.6 Å². The highest BCUT2D eigenvalue weighted by Gasteiger charge is 2.45. The number of anilines is 3. The number of nitrogens with one attached hydrogen (secondary N) is 6. The van der Waals surface area contributed by atoms with Crippen molar-refractivity contribution >= 4 is 98.7 Å². The number of benzene rings is 3. The zero-order chi connectivity index (χ0) is 75.6. The number of carbonyl (C=O) groups excluding carboxylic acids is 8. The number of aromatic nitrogens is 4. The molecule has 7 heterocycles. The van der Waals surface area contributed by atoms with Crippen molar-refractivity contribution in [2.45, 2.75) is 148 Å². The van der Waals surface area contributed by atoms with Crippen LogP contribution in [0.25, 0.3) is 21.7 Å². The topological polar surface area (TPSA) is 375 Å². The molecule has 0 bridgehead atoms. The average molecular weight is 1590 g/mol. The highest BCUT2D eigenvalue weighted by molar-refractivity contribution is 14.1. The normalized spacial score (nSPS) is 18.1. The first kappa shape index (κ1) is 79.5. The Morgan fingerprint density at radius 2 is 1.55 bits per heavy atom. The van der Waals surface area contributed by atoms with E-state index in [0.29, 0.717) is 109 Å². The maximum absolute atomic E-state index is 14.4. The van der Waals surface area contributed by atoms with Crippen molar-refractivity contribution in [3.8, 4) is 33.3 Å². The molecule has 10 rings (SSSR count). The summed E-state index contributed by atoms with van der Waals surface area (Å²) in [7, 11) is 0. The molecule has 31 heteroatoms. The molecule has 7 atom stereocenters. The van der Waals surface area contributed by atoms with E-state index in [2.05, 4.69) is 66.9 Å². The number of nitrogens with zero attached hydrogens (tertiary/aromatic N) is 9. The Morgan fingerprint density at radius 3 is 2.25 bits per heavy atom. The molecule has 4 aliphatic heterocycles. The summed E-state index contributed by atoms with van der Waals surface area (Å²) in [5.41, 5.74) is 12.7. The van der Waals surface area contributed by atoms with Crippen LogP contribution in [0.1, 0.15) is 127 Å². The summed E-state index contributed by atoms with van der Waals surface area (Å²) in [6.07, 6.45) is 3.14. The zero-order valence-corrected chi connectivity index (χ0v) is 63.9. The van der Waals surface area contributed by atoms with Crippen LogP contribution in [-0.2, 0) is 40.1 Å². The third-order valence-corrected chi connectivity index (χ3v) is 21.6. The van der Waals surface area contributed by atoms with Gasteiger partial charge in [-0.25, -0.2) is 14.6 Å². The minimum absolute atomic E-state index is 0.0156. The zero-order valence-electron chi connectivity index (χ0n) is 61.0. The molecular formula is C75H99IN16O13S. The predicted octanol–water partition coefficient (Wildman–Crippen LogP) is 7.41. The maximum atomic E-state index is 14.4. The van der Waals surface area contributed by atoms with E-state index in [0.717, 1.165) is 60.7 Å². The van der Waals surface area contributed by atoms with Gasteiger partial charge in [0.25, 0.3) is 5.88 Å². The number of rotatable bonds is 33. The summed E-state index contributed by atoms with van der Waals surface area (Å²) in [5, 5.41) is 51.9. The molecule has 29 nitrogen and oxygen atoms in total. The van der Waals surface area contributed by atoms with Crippen LogP contribution >= 0.6 is 33.9 Å². The first-order valence-electron chi connectivity index (χ1n) is 36.6. The number of hydrogen-bond donors (Lipinski definition) is 9. The van der Waals surface area contributed by atoms with Crippen LogP contribution < -0.4 is 52.2 Å². The van der Waals surface area contributed by atoms with E-state index in [9.17, 15) is 48.6 Å². The monoisotopic (exact) mass is 1590 g/mol. The lowest BCUT2D eigenvalue weighted by molar-refractivity contribution is -0.141.